The third-order valence-corrected chi connectivity index (χ3v) is 10.5. The van der Waals surface area contributed by atoms with Crippen LogP contribution in [0, 0.1) is 0 Å². The first-order valence-corrected chi connectivity index (χ1v) is 17.9. The van der Waals surface area contributed by atoms with E-state index in [1.54, 1.807) is 0 Å². The number of rotatable bonds is 4. The van der Waals surface area contributed by atoms with Gasteiger partial charge >= 0.3 is 0 Å². The first-order valence-electron chi connectivity index (χ1n) is 17.9. The first kappa shape index (κ1) is 29.5. The fourth-order valence-electron chi connectivity index (χ4n) is 8.05. The summed E-state index contributed by atoms with van der Waals surface area (Å²) < 4.78 is 6.25. The van der Waals surface area contributed by atoms with Crippen molar-refractivity contribution in [2.75, 3.05) is 0 Å². The predicted molar refractivity (Wildman–Crippen MR) is 219 cm³/mol. The van der Waals surface area contributed by atoms with Gasteiger partial charge in [-0.15, -0.1) is 0 Å². The fourth-order valence-corrected chi connectivity index (χ4v) is 8.05. The van der Waals surface area contributed by atoms with Crippen LogP contribution < -0.4 is 0 Å². The zero-order valence-corrected chi connectivity index (χ0v) is 28.5. The molecule has 0 unspecified atom stereocenters. The molecule has 11 rings (SSSR count). The highest BCUT2D eigenvalue weighted by Gasteiger charge is 2.19. The Morgan fingerprint density at radius 1 is 0.302 bits per heavy atom. The number of hydrogen-bond donors (Lipinski definition) is 0. The van der Waals surface area contributed by atoms with Gasteiger partial charge < -0.3 is 4.42 Å². The van der Waals surface area contributed by atoms with Gasteiger partial charge in [-0.2, -0.15) is 0 Å². The number of furan rings is 1. The van der Waals surface area contributed by atoms with Crippen LogP contribution in [0.15, 0.2) is 180 Å². The highest BCUT2D eigenvalue weighted by atomic mass is 16.3. The van der Waals surface area contributed by atoms with Gasteiger partial charge in [-0.3, -0.25) is 0 Å². The molecular formula is C49H29N3O. The number of fused-ring (bicyclic) bond motifs is 10. The van der Waals surface area contributed by atoms with Crippen LogP contribution in [-0.4, -0.2) is 15.0 Å². The molecule has 0 bridgehead atoms. The average Bonchev–Trinajstić information content (AvgIpc) is 3.62. The van der Waals surface area contributed by atoms with E-state index in [1.807, 2.05) is 60.7 Å². The quantitative estimate of drug-likeness (QED) is 0.174. The third-order valence-electron chi connectivity index (χ3n) is 10.5. The van der Waals surface area contributed by atoms with Crippen molar-refractivity contribution in [3.05, 3.63) is 176 Å². The molecule has 0 spiro atoms. The zero-order chi connectivity index (χ0) is 34.9. The molecule has 0 saturated carbocycles. The summed E-state index contributed by atoms with van der Waals surface area (Å²) in [5, 5.41) is 12.0. The van der Waals surface area contributed by atoms with E-state index in [0.717, 1.165) is 44.2 Å². The molecule has 2 aromatic heterocycles. The molecule has 0 fully saturated rings. The number of para-hydroxylation sites is 1. The van der Waals surface area contributed by atoms with E-state index in [4.69, 9.17) is 19.4 Å². The van der Waals surface area contributed by atoms with Gasteiger partial charge in [0.1, 0.15) is 11.2 Å². The van der Waals surface area contributed by atoms with E-state index >= 15 is 0 Å². The standard InChI is InChI=1S/C49H29N3O/c1-2-13-31(14-3-1)47-50-48(52-49(51-47)41-21-11-23-44-46(41)40-20-8-9-22-43(40)53-44)34-17-10-16-32(28-34)42-29-33-15-5-7-19-36(33)45-38-25-24-30-12-4-6-18-35(30)37(38)26-27-39(42)45/h1-29H. The normalized spacial score (nSPS) is 11.8. The summed E-state index contributed by atoms with van der Waals surface area (Å²) in [6, 6.07) is 61.7. The molecule has 0 N–H and O–H groups in total. The molecule has 0 aliphatic carbocycles. The Morgan fingerprint density at radius 3 is 1.81 bits per heavy atom. The molecule has 53 heavy (non-hydrogen) atoms. The second kappa shape index (κ2) is 11.7. The van der Waals surface area contributed by atoms with Crippen molar-refractivity contribution in [2.45, 2.75) is 0 Å². The van der Waals surface area contributed by atoms with E-state index in [0.29, 0.717) is 17.5 Å². The lowest BCUT2D eigenvalue weighted by atomic mass is 9.88. The summed E-state index contributed by atoms with van der Waals surface area (Å²) >= 11 is 0. The van der Waals surface area contributed by atoms with Crippen LogP contribution in [0.25, 0.3) is 110 Å². The van der Waals surface area contributed by atoms with Crippen LogP contribution in [0.2, 0.25) is 0 Å². The topological polar surface area (TPSA) is 51.8 Å². The molecule has 9 aromatic carbocycles. The fraction of sp³-hybridized carbons (Fsp3) is 0. The van der Waals surface area contributed by atoms with Gasteiger partial charge in [0.2, 0.25) is 0 Å². The molecule has 246 valence electrons. The van der Waals surface area contributed by atoms with Crippen LogP contribution in [0.1, 0.15) is 0 Å². The molecular weight excluding hydrogens is 647 g/mol. The third kappa shape index (κ3) is 4.73. The molecule has 0 aliphatic heterocycles. The Hall–Kier alpha value is -7.17. The predicted octanol–water partition coefficient (Wildman–Crippen LogP) is 13.1. The summed E-state index contributed by atoms with van der Waals surface area (Å²) in [5.41, 5.74) is 6.66. The largest absolute Gasteiger partial charge is 0.456 e. The van der Waals surface area contributed by atoms with Crippen LogP contribution in [0.5, 0.6) is 0 Å². The maximum absolute atomic E-state index is 6.25. The van der Waals surface area contributed by atoms with E-state index in [9.17, 15) is 0 Å². The Labute approximate surface area is 304 Å². The van der Waals surface area contributed by atoms with Gasteiger partial charge in [0.25, 0.3) is 0 Å². The van der Waals surface area contributed by atoms with E-state index in [1.165, 1.54) is 48.7 Å². The second-order valence-electron chi connectivity index (χ2n) is 13.5. The number of hydrogen-bond acceptors (Lipinski definition) is 4. The van der Waals surface area contributed by atoms with Gasteiger partial charge in [0.15, 0.2) is 17.5 Å². The second-order valence-corrected chi connectivity index (χ2v) is 13.5. The highest BCUT2D eigenvalue weighted by Crippen LogP contribution is 2.42. The summed E-state index contributed by atoms with van der Waals surface area (Å²) in [7, 11) is 0. The maximum atomic E-state index is 6.25. The number of nitrogens with zero attached hydrogens (tertiary/aromatic N) is 3. The molecule has 4 heteroatoms. The average molecular weight is 676 g/mol. The lowest BCUT2D eigenvalue weighted by Gasteiger charge is -2.15. The van der Waals surface area contributed by atoms with Crippen molar-refractivity contribution in [3.8, 4) is 45.3 Å². The Kier molecular flexibility index (Phi) is 6.52. The van der Waals surface area contributed by atoms with Gasteiger partial charge in [-0.05, 0) is 78.5 Å². The van der Waals surface area contributed by atoms with Crippen molar-refractivity contribution in [1.82, 2.24) is 15.0 Å². The van der Waals surface area contributed by atoms with Gasteiger partial charge in [-0.25, -0.2) is 15.0 Å². The Balaban J connectivity index is 1.14. The van der Waals surface area contributed by atoms with Crippen molar-refractivity contribution >= 4 is 65.0 Å². The minimum Gasteiger partial charge on any atom is -0.456 e. The summed E-state index contributed by atoms with van der Waals surface area (Å²) in [5.74, 6) is 1.84. The summed E-state index contributed by atoms with van der Waals surface area (Å²) in [6.07, 6.45) is 0. The molecule has 2 heterocycles. The Morgan fingerprint density at radius 2 is 0.925 bits per heavy atom. The monoisotopic (exact) mass is 675 g/mol. The molecule has 0 saturated heterocycles. The summed E-state index contributed by atoms with van der Waals surface area (Å²) in [6.45, 7) is 0. The summed E-state index contributed by atoms with van der Waals surface area (Å²) in [4.78, 5) is 15.4. The Bertz CT molecular complexity index is 3240. The molecule has 4 nitrogen and oxygen atoms in total. The van der Waals surface area contributed by atoms with Crippen molar-refractivity contribution in [2.24, 2.45) is 0 Å². The van der Waals surface area contributed by atoms with Gasteiger partial charge in [0, 0.05) is 27.5 Å². The number of aromatic nitrogens is 3. The van der Waals surface area contributed by atoms with E-state index < -0.39 is 0 Å². The van der Waals surface area contributed by atoms with Crippen LogP contribution in [-0.2, 0) is 0 Å². The SMILES string of the molecule is c1ccc(-c2nc(-c3cccc(-c4cc5ccccc5c5c4ccc4c6ccccc6ccc45)c3)nc(-c3cccc4oc5ccccc5c34)n2)cc1. The highest BCUT2D eigenvalue weighted by molar-refractivity contribution is 6.27. The number of benzene rings is 9. The smallest absolute Gasteiger partial charge is 0.164 e. The van der Waals surface area contributed by atoms with Crippen LogP contribution >= 0.6 is 0 Å². The minimum absolute atomic E-state index is 0.603. The minimum atomic E-state index is 0.603. The van der Waals surface area contributed by atoms with Crippen LogP contribution in [0.4, 0.5) is 0 Å². The lowest BCUT2D eigenvalue weighted by molar-refractivity contribution is 0.669. The van der Waals surface area contributed by atoms with Crippen molar-refractivity contribution in [1.29, 1.82) is 0 Å². The zero-order valence-electron chi connectivity index (χ0n) is 28.5. The molecule has 11 aromatic rings. The van der Waals surface area contributed by atoms with Crippen molar-refractivity contribution in [3.63, 3.8) is 0 Å². The molecule has 0 atom stereocenters. The van der Waals surface area contributed by atoms with Crippen LogP contribution in [0.3, 0.4) is 0 Å². The molecule has 0 radical (unpaired) electrons. The van der Waals surface area contributed by atoms with Crippen molar-refractivity contribution < 1.29 is 4.42 Å². The molecule has 0 aliphatic rings. The van der Waals surface area contributed by atoms with E-state index in [-0.39, 0.29) is 0 Å². The first-order chi connectivity index (χ1) is 26.3. The lowest BCUT2D eigenvalue weighted by Crippen LogP contribution is -2.00. The maximum Gasteiger partial charge on any atom is 0.164 e. The van der Waals surface area contributed by atoms with Gasteiger partial charge in [0.05, 0.1) is 0 Å². The molecule has 0 amide bonds. The van der Waals surface area contributed by atoms with Gasteiger partial charge in [-0.1, -0.05) is 152 Å². The van der Waals surface area contributed by atoms with E-state index in [2.05, 4.69) is 115 Å².